The van der Waals surface area contributed by atoms with Crippen LogP contribution < -0.4 is 0 Å². The Labute approximate surface area is 115 Å². The standard InChI is InChI=1S/C17H36O/c1-2-3-4-5-6-7-8-9-10-11-12-13-14-15-16-17-18/h18H,2-17H2,1H3. The summed E-state index contributed by atoms with van der Waals surface area (Å²) in [4.78, 5) is 0. The first-order chi connectivity index (χ1) is 8.91. The molecule has 0 unspecified atom stereocenters. The van der Waals surface area contributed by atoms with E-state index in [9.17, 15) is 0 Å². The number of rotatable bonds is 15. The van der Waals surface area contributed by atoms with E-state index in [0.29, 0.717) is 6.61 Å². The lowest BCUT2D eigenvalue weighted by molar-refractivity contribution is 0.282. The molecular formula is C17H36O. The molecule has 1 N–H and O–H groups in total. The maximum absolute atomic E-state index is 8.66. The van der Waals surface area contributed by atoms with Crippen LogP contribution in [0.4, 0.5) is 0 Å². The van der Waals surface area contributed by atoms with E-state index in [4.69, 9.17) is 5.11 Å². The quantitative estimate of drug-likeness (QED) is 0.364. The van der Waals surface area contributed by atoms with Gasteiger partial charge >= 0.3 is 0 Å². The Balaban J connectivity index is 2.86. The van der Waals surface area contributed by atoms with Gasteiger partial charge in [-0.2, -0.15) is 0 Å². The zero-order chi connectivity index (χ0) is 13.3. The van der Waals surface area contributed by atoms with Gasteiger partial charge in [-0.1, -0.05) is 96.8 Å². The molecule has 0 aromatic heterocycles. The topological polar surface area (TPSA) is 20.2 Å². The van der Waals surface area contributed by atoms with Crippen LogP contribution in [-0.2, 0) is 0 Å². The average Bonchev–Trinajstić information content (AvgIpc) is 2.39. The van der Waals surface area contributed by atoms with Crippen molar-refractivity contribution in [2.24, 2.45) is 0 Å². The zero-order valence-corrected chi connectivity index (χ0v) is 12.8. The summed E-state index contributed by atoms with van der Waals surface area (Å²) >= 11 is 0. The van der Waals surface area contributed by atoms with Crippen LogP contribution in [-0.4, -0.2) is 11.7 Å². The van der Waals surface area contributed by atoms with E-state index in [1.807, 2.05) is 0 Å². The first-order valence-electron chi connectivity index (χ1n) is 8.52. The van der Waals surface area contributed by atoms with Crippen LogP contribution in [0.2, 0.25) is 0 Å². The van der Waals surface area contributed by atoms with Crippen LogP contribution in [0.5, 0.6) is 0 Å². The van der Waals surface area contributed by atoms with Gasteiger partial charge in [0.1, 0.15) is 0 Å². The molecule has 0 aliphatic heterocycles. The third-order valence-corrected chi connectivity index (χ3v) is 3.76. The summed E-state index contributed by atoms with van der Waals surface area (Å²) in [5.41, 5.74) is 0. The molecule has 0 saturated heterocycles. The summed E-state index contributed by atoms with van der Waals surface area (Å²) in [6.07, 6.45) is 20.7. The van der Waals surface area contributed by atoms with Gasteiger partial charge in [-0.15, -0.1) is 0 Å². The molecule has 0 amide bonds. The number of aliphatic hydroxyl groups excluding tert-OH is 1. The van der Waals surface area contributed by atoms with Crippen LogP contribution in [0.3, 0.4) is 0 Å². The summed E-state index contributed by atoms with van der Waals surface area (Å²) in [5.74, 6) is 0. The Morgan fingerprint density at radius 2 is 0.722 bits per heavy atom. The molecule has 0 aromatic rings. The van der Waals surface area contributed by atoms with Crippen molar-refractivity contribution in [1.29, 1.82) is 0 Å². The van der Waals surface area contributed by atoms with Crippen LogP contribution in [0.1, 0.15) is 103 Å². The molecule has 0 rings (SSSR count). The minimum atomic E-state index is 0.373. The molecular weight excluding hydrogens is 220 g/mol. The third-order valence-electron chi connectivity index (χ3n) is 3.76. The van der Waals surface area contributed by atoms with Gasteiger partial charge in [0.15, 0.2) is 0 Å². The fourth-order valence-corrected chi connectivity index (χ4v) is 2.48. The third kappa shape index (κ3) is 16.0. The minimum Gasteiger partial charge on any atom is -0.396 e. The maximum Gasteiger partial charge on any atom is 0.0431 e. The second-order valence-electron chi connectivity index (χ2n) is 5.67. The molecule has 0 spiro atoms. The van der Waals surface area contributed by atoms with Crippen molar-refractivity contribution < 1.29 is 5.11 Å². The summed E-state index contributed by atoms with van der Waals surface area (Å²) in [6, 6.07) is 0. The van der Waals surface area contributed by atoms with E-state index in [0.717, 1.165) is 6.42 Å². The van der Waals surface area contributed by atoms with Crippen LogP contribution >= 0.6 is 0 Å². The van der Waals surface area contributed by atoms with Gasteiger partial charge in [0.05, 0.1) is 0 Å². The van der Waals surface area contributed by atoms with Crippen molar-refractivity contribution in [2.45, 2.75) is 103 Å². The van der Waals surface area contributed by atoms with E-state index in [1.54, 1.807) is 0 Å². The normalized spacial score (nSPS) is 11.0. The molecule has 0 heterocycles. The van der Waals surface area contributed by atoms with Crippen molar-refractivity contribution in [3.63, 3.8) is 0 Å². The first kappa shape index (κ1) is 18.0. The summed E-state index contributed by atoms with van der Waals surface area (Å²) in [5, 5.41) is 8.66. The number of unbranched alkanes of at least 4 members (excludes halogenated alkanes) is 14. The van der Waals surface area contributed by atoms with Crippen molar-refractivity contribution in [1.82, 2.24) is 0 Å². The molecule has 0 atom stereocenters. The highest BCUT2D eigenvalue weighted by Crippen LogP contribution is 2.13. The minimum absolute atomic E-state index is 0.373. The highest BCUT2D eigenvalue weighted by Gasteiger charge is 1.93. The Morgan fingerprint density at radius 3 is 1.00 bits per heavy atom. The monoisotopic (exact) mass is 256 g/mol. The second kappa shape index (κ2) is 17.0. The van der Waals surface area contributed by atoms with Gasteiger partial charge < -0.3 is 5.11 Å². The van der Waals surface area contributed by atoms with E-state index in [1.165, 1.54) is 89.9 Å². The van der Waals surface area contributed by atoms with Gasteiger partial charge in [-0.05, 0) is 6.42 Å². The summed E-state index contributed by atoms with van der Waals surface area (Å²) < 4.78 is 0. The van der Waals surface area contributed by atoms with Crippen LogP contribution in [0, 0.1) is 0 Å². The molecule has 110 valence electrons. The van der Waals surface area contributed by atoms with Gasteiger partial charge in [-0.3, -0.25) is 0 Å². The zero-order valence-electron chi connectivity index (χ0n) is 12.8. The largest absolute Gasteiger partial charge is 0.396 e. The molecule has 0 saturated carbocycles. The predicted molar refractivity (Wildman–Crippen MR) is 82.0 cm³/mol. The Hall–Kier alpha value is -0.0400. The highest BCUT2D eigenvalue weighted by molar-refractivity contribution is 4.49. The fraction of sp³-hybridized carbons (Fsp3) is 1.00. The first-order valence-corrected chi connectivity index (χ1v) is 8.52. The molecule has 0 aliphatic carbocycles. The predicted octanol–water partition coefficient (Wildman–Crippen LogP) is 5.85. The lowest BCUT2D eigenvalue weighted by Gasteiger charge is -2.02. The van der Waals surface area contributed by atoms with Crippen LogP contribution in [0.15, 0.2) is 0 Å². The molecule has 1 heteroatoms. The van der Waals surface area contributed by atoms with Crippen molar-refractivity contribution in [3.05, 3.63) is 0 Å². The average molecular weight is 256 g/mol. The van der Waals surface area contributed by atoms with Gasteiger partial charge in [0.25, 0.3) is 0 Å². The van der Waals surface area contributed by atoms with Crippen molar-refractivity contribution >= 4 is 0 Å². The molecule has 18 heavy (non-hydrogen) atoms. The van der Waals surface area contributed by atoms with Crippen LogP contribution in [0.25, 0.3) is 0 Å². The second-order valence-corrected chi connectivity index (χ2v) is 5.67. The molecule has 0 bridgehead atoms. The Bertz CT molecular complexity index is 118. The molecule has 0 fully saturated rings. The van der Waals surface area contributed by atoms with E-state index in [-0.39, 0.29) is 0 Å². The molecule has 0 aliphatic rings. The highest BCUT2D eigenvalue weighted by atomic mass is 16.2. The van der Waals surface area contributed by atoms with E-state index >= 15 is 0 Å². The van der Waals surface area contributed by atoms with Crippen molar-refractivity contribution in [2.75, 3.05) is 6.61 Å². The van der Waals surface area contributed by atoms with Gasteiger partial charge in [0, 0.05) is 6.61 Å². The lowest BCUT2D eigenvalue weighted by atomic mass is 10.0. The summed E-state index contributed by atoms with van der Waals surface area (Å²) in [7, 11) is 0. The summed E-state index contributed by atoms with van der Waals surface area (Å²) in [6.45, 7) is 2.65. The molecule has 1 nitrogen and oxygen atoms in total. The van der Waals surface area contributed by atoms with Gasteiger partial charge in [-0.25, -0.2) is 0 Å². The van der Waals surface area contributed by atoms with E-state index < -0.39 is 0 Å². The Kier molecular flexibility index (Phi) is 16.9. The SMILES string of the molecule is CCCCCCCCCCCCCCCCCO. The lowest BCUT2D eigenvalue weighted by Crippen LogP contribution is -1.85. The smallest absolute Gasteiger partial charge is 0.0431 e. The molecule has 0 radical (unpaired) electrons. The Morgan fingerprint density at radius 1 is 0.444 bits per heavy atom. The fourth-order valence-electron chi connectivity index (χ4n) is 2.48. The van der Waals surface area contributed by atoms with E-state index in [2.05, 4.69) is 6.92 Å². The van der Waals surface area contributed by atoms with Gasteiger partial charge in [0.2, 0.25) is 0 Å². The number of hydrogen-bond donors (Lipinski definition) is 1. The maximum atomic E-state index is 8.66. The number of aliphatic hydroxyl groups is 1. The number of hydrogen-bond acceptors (Lipinski definition) is 1. The van der Waals surface area contributed by atoms with Crippen molar-refractivity contribution in [3.8, 4) is 0 Å². The molecule has 0 aromatic carbocycles.